The Morgan fingerprint density at radius 2 is 1.77 bits per heavy atom. The topological polar surface area (TPSA) is 67.1 Å². The van der Waals surface area contributed by atoms with Gasteiger partial charge in [-0.1, -0.05) is 19.1 Å². The summed E-state index contributed by atoms with van der Waals surface area (Å²) >= 11 is 0. The molecular weight excluding hydrogens is 482 g/mol. The molecule has 0 spiro atoms. The van der Waals surface area contributed by atoms with E-state index in [2.05, 4.69) is 94.3 Å². The molecule has 7 heteroatoms. The summed E-state index contributed by atoms with van der Waals surface area (Å²) in [6.45, 7) is 8.64. The van der Waals surface area contributed by atoms with E-state index in [-0.39, 0.29) is 0 Å². The van der Waals surface area contributed by atoms with E-state index in [9.17, 15) is 0 Å². The van der Waals surface area contributed by atoms with Crippen molar-refractivity contribution >= 4 is 33.2 Å². The van der Waals surface area contributed by atoms with Crippen molar-refractivity contribution in [2.45, 2.75) is 19.8 Å². The lowest BCUT2D eigenvalue weighted by molar-refractivity contribution is 0.247. The number of nitrogens with one attached hydrogen (secondary N) is 2. The smallest absolute Gasteiger partial charge is 0.138 e. The molecule has 39 heavy (non-hydrogen) atoms. The van der Waals surface area contributed by atoms with Gasteiger partial charge in [-0.05, 0) is 94.3 Å². The Labute approximate surface area is 231 Å². The number of hydrogen-bond donors (Lipinski definition) is 2. The van der Waals surface area contributed by atoms with Crippen molar-refractivity contribution in [3.63, 3.8) is 0 Å². The quantitative estimate of drug-likeness (QED) is 0.343. The number of aromatic nitrogens is 4. The molecule has 0 aromatic carbocycles. The van der Waals surface area contributed by atoms with Gasteiger partial charge in [-0.2, -0.15) is 0 Å². The number of fused-ring (bicyclic) bond motifs is 2. The van der Waals surface area contributed by atoms with Gasteiger partial charge in [0.25, 0.3) is 0 Å². The molecule has 6 heterocycles. The highest BCUT2D eigenvalue weighted by atomic mass is 15.1. The fraction of sp³-hybridized carbons (Fsp3) is 0.438. The van der Waals surface area contributed by atoms with Gasteiger partial charge in [-0.15, -0.1) is 0 Å². The maximum atomic E-state index is 4.71. The van der Waals surface area contributed by atoms with E-state index < -0.39 is 0 Å². The van der Waals surface area contributed by atoms with Crippen LogP contribution in [0, 0.1) is 11.8 Å². The minimum Gasteiger partial charge on any atom is -0.346 e. The minimum absolute atomic E-state index is 0.404. The third-order valence-corrected chi connectivity index (χ3v) is 8.16. The molecule has 0 unspecified atom stereocenters. The molecule has 7 nitrogen and oxygen atoms in total. The Kier molecular flexibility index (Phi) is 7.38. The van der Waals surface area contributed by atoms with Gasteiger partial charge in [0.2, 0.25) is 0 Å². The van der Waals surface area contributed by atoms with Gasteiger partial charge in [-0.3, -0.25) is 4.90 Å². The molecule has 0 saturated heterocycles. The van der Waals surface area contributed by atoms with Gasteiger partial charge >= 0.3 is 0 Å². The molecule has 4 aromatic rings. The van der Waals surface area contributed by atoms with Crippen LogP contribution in [0.25, 0.3) is 33.2 Å². The van der Waals surface area contributed by atoms with Gasteiger partial charge in [0.05, 0.1) is 0 Å². The zero-order valence-corrected chi connectivity index (χ0v) is 23.7. The lowest BCUT2D eigenvalue weighted by atomic mass is 9.88. The van der Waals surface area contributed by atoms with Gasteiger partial charge in [0.1, 0.15) is 11.3 Å². The SMILES string of the molecule is C[C@@H]1C=C(c2c(C[C@H]3C=C(c4c[nH]c5ncccc45)CN(CCCN(C)C)C3)[nH]c3ncccc23)CN(C)C1. The molecule has 0 bridgehead atoms. The maximum Gasteiger partial charge on any atom is 0.138 e. The van der Waals surface area contributed by atoms with Crippen LogP contribution in [0.3, 0.4) is 0 Å². The molecule has 0 aliphatic carbocycles. The molecule has 0 radical (unpaired) electrons. The Morgan fingerprint density at radius 1 is 0.974 bits per heavy atom. The van der Waals surface area contributed by atoms with E-state index in [0.29, 0.717) is 11.8 Å². The summed E-state index contributed by atoms with van der Waals surface area (Å²) in [5.74, 6) is 0.943. The molecule has 2 N–H and O–H groups in total. The highest BCUT2D eigenvalue weighted by Gasteiger charge is 2.27. The fourth-order valence-corrected chi connectivity index (χ4v) is 6.64. The van der Waals surface area contributed by atoms with E-state index in [1.807, 2.05) is 18.5 Å². The Morgan fingerprint density at radius 3 is 2.56 bits per heavy atom. The normalized spacial score (nSPS) is 21.2. The van der Waals surface area contributed by atoms with Crippen molar-refractivity contribution in [2.24, 2.45) is 11.8 Å². The molecule has 6 rings (SSSR count). The zero-order valence-electron chi connectivity index (χ0n) is 23.7. The average molecular weight is 524 g/mol. The number of pyridine rings is 2. The second kappa shape index (κ2) is 11.1. The summed E-state index contributed by atoms with van der Waals surface area (Å²) in [5, 5.41) is 2.45. The van der Waals surface area contributed by atoms with E-state index in [0.717, 1.165) is 57.0 Å². The van der Waals surface area contributed by atoms with Gasteiger partial charge in [0, 0.05) is 72.4 Å². The van der Waals surface area contributed by atoms with Gasteiger partial charge in [-0.25, -0.2) is 9.97 Å². The maximum absolute atomic E-state index is 4.71. The predicted molar refractivity (Wildman–Crippen MR) is 162 cm³/mol. The van der Waals surface area contributed by atoms with Crippen LogP contribution in [0.2, 0.25) is 0 Å². The second-order valence-corrected chi connectivity index (χ2v) is 11.9. The second-order valence-electron chi connectivity index (χ2n) is 11.9. The predicted octanol–water partition coefficient (Wildman–Crippen LogP) is 4.91. The van der Waals surface area contributed by atoms with Crippen LogP contribution in [-0.4, -0.2) is 95.0 Å². The van der Waals surface area contributed by atoms with Crippen molar-refractivity contribution in [1.82, 2.24) is 34.6 Å². The Balaban J connectivity index is 1.36. The van der Waals surface area contributed by atoms with Gasteiger partial charge in [0.15, 0.2) is 0 Å². The minimum atomic E-state index is 0.404. The number of aromatic amines is 2. The summed E-state index contributed by atoms with van der Waals surface area (Å²) in [6, 6.07) is 8.52. The molecule has 204 valence electrons. The third-order valence-electron chi connectivity index (χ3n) is 8.16. The van der Waals surface area contributed by atoms with Crippen molar-refractivity contribution in [3.8, 4) is 0 Å². The van der Waals surface area contributed by atoms with Crippen LogP contribution >= 0.6 is 0 Å². The first kappa shape index (κ1) is 26.0. The highest BCUT2D eigenvalue weighted by molar-refractivity contribution is 5.93. The van der Waals surface area contributed by atoms with E-state index in [1.54, 1.807) is 0 Å². The van der Waals surface area contributed by atoms with Crippen molar-refractivity contribution in [3.05, 3.63) is 71.8 Å². The number of hydrogen-bond acceptors (Lipinski definition) is 5. The van der Waals surface area contributed by atoms with Crippen LogP contribution in [0.5, 0.6) is 0 Å². The number of nitrogens with zero attached hydrogens (tertiary/aromatic N) is 5. The molecule has 0 fully saturated rings. The van der Waals surface area contributed by atoms with E-state index >= 15 is 0 Å². The molecule has 2 aliphatic rings. The Hall–Kier alpha value is -3.26. The van der Waals surface area contributed by atoms with Crippen molar-refractivity contribution in [1.29, 1.82) is 0 Å². The highest BCUT2D eigenvalue weighted by Crippen LogP contribution is 2.35. The largest absolute Gasteiger partial charge is 0.346 e. The monoisotopic (exact) mass is 523 g/mol. The van der Waals surface area contributed by atoms with Crippen LogP contribution in [0.1, 0.15) is 30.2 Å². The number of H-pyrrole nitrogens is 2. The molecule has 4 aromatic heterocycles. The number of rotatable bonds is 8. The van der Waals surface area contributed by atoms with Crippen LogP contribution < -0.4 is 0 Å². The van der Waals surface area contributed by atoms with Crippen molar-refractivity contribution in [2.75, 3.05) is 60.4 Å². The summed E-state index contributed by atoms with van der Waals surface area (Å²) in [7, 11) is 6.55. The average Bonchev–Trinajstić information content (AvgIpc) is 3.49. The molecule has 2 aliphatic heterocycles. The summed E-state index contributed by atoms with van der Waals surface area (Å²) in [4.78, 5) is 23.8. The van der Waals surface area contributed by atoms with Gasteiger partial charge < -0.3 is 19.8 Å². The molecule has 0 amide bonds. The lowest BCUT2D eigenvalue weighted by Crippen LogP contribution is -2.37. The standard InChI is InChI=1S/C32H41N7/c1-22-14-25(20-38(4)18-22)30-27-9-6-11-34-32(27)36-29(30)16-23-15-24(21-39(19-23)13-7-12-37(2)3)28-17-35-31-26(28)8-5-10-33-31/h5-6,8-11,14-15,17,22-23H,7,12-13,16,18-21H2,1-4H3,(H,33,35)(H,34,36)/t22-,23-/m1/s1. The first-order chi connectivity index (χ1) is 18.9. The zero-order chi connectivity index (χ0) is 26.9. The molecule has 0 saturated carbocycles. The Bertz CT molecular complexity index is 1510. The molecule has 2 atom stereocenters. The van der Waals surface area contributed by atoms with Crippen LogP contribution in [0.15, 0.2) is 55.0 Å². The summed E-state index contributed by atoms with van der Waals surface area (Å²) in [5.41, 5.74) is 8.74. The van der Waals surface area contributed by atoms with Crippen molar-refractivity contribution < 1.29 is 0 Å². The lowest BCUT2D eigenvalue weighted by Gasteiger charge is -2.33. The summed E-state index contributed by atoms with van der Waals surface area (Å²) < 4.78 is 0. The summed E-state index contributed by atoms with van der Waals surface area (Å²) in [6.07, 6.45) is 13.0. The third kappa shape index (κ3) is 5.57. The molecular formula is C32H41N7. The van der Waals surface area contributed by atoms with E-state index in [4.69, 9.17) is 4.98 Å². The number of likely N-dealkylation sites (N-methyl/N-ethyl adjacent to an activating group) is 1. The fourth-order valence-electron chi connectivity index (χ4n) is 6.64. The van der Waals surface area contributed by atoms with Crippen LogP contribution in [-0.2, 0) is 6.42 Å². The van der Waals surface area contributed by atoms with E-state index in [1.165, 1.54) is 45.2 Å². The first-order valence-corrected chi connectivity index (χ1v) is 14.3. The van der Waals surface area contributed by atoms with Crippen LogP contribution in [0.4, 0.5) is 0 Å². The first-order valence-electron chi connectivity index (χ1n) is 14.3.